The van der Waals surface area contributed by atoms with Crippen molar-refractivity contribution in [2.45, 2.75) is 24.8 Å². The largest absolute Gasteiger partial charge is 0.315 e. The van der Waals surface area contributed by atoms with Crippen LogP contribution in [-0.2, 0) is 0 Å². The number of nitrogens with one attached hydrogen (secondary N) is 1. The highest BCUT2D eigenvalue weighted by atomic mass is 15.2. The minimum Gasteiger partial charge on any atom is -0.315 e. The number of nitrogens with zero attached hydrogens (tertiary/aromatic N) is 2. The Kier molecular flexibility index (Phi) is 3.10. The van der Waals surface area contributed by atoms with Gasteiger partial charge in [0.2, 0.25) is 0 Å². The summed E-state index contributed by atoms with van der Waals surface area (Å²) in [6.07, 6.45) is 3.95. The first-order valence-corrected chi connectivity index (χ1v) is 5.83. The Hall–Kier alpha value is -0.120. The number of likely N-dealkylation sites (tertiary alicyclic amines) is 1. The van der Waals surface area contributed by atoms with Crippen molar-refractivity contribution in [1.82, 2.24) is 15.1 Å². The molecular formula is C11H23N3. The van der Waals surface area contributed by atoms with Gasteiger partial charge in [0.1, 0.15) is 0 Å². The summed E-state index contributed by atoms with van der Waals surface area (Å²) in [5, 5.41) is 3.59. The summed E-state index contributed by atoms with van der Waals surface area (Å²) in [5.74, 6) is 0. The average Bonchev–Trinajstić information content (AvgIpc) is 2.36. The SMILES string of the molecule is CN1CCC2(CC1)CNCCCN2C. The molecule has 2 fully saturated rings. The van der Waals surface area contributed by atoms with E-state index in [4.69, 9.17) is 0 Å². The minimum atomic E-state index is 0.461. The zero-order valence-electron chi connectivity index (χ0n) is 9.55. The lowest BCUT2D eigenvalue weighted by Gasteiger charge is -2.46. The van der Waals surface area contributed by atoms with E-state index < -0.39 is 0 Å². The van der Waals surface area contributed by atoms with Crippen LogP contribution in [0.2, 0.25) is 0 Å². The molecule has 2 rings (SSSR count). The smallest absolute Gasteiger partial charge is 0.0355 e. The monoisotopic (exact) mass is 197 g/mol. The maximum absolute atomic E-state index is 3.59. The lowest BCUT2D eigenvalue weighted by molar-refractivity contribution is 0.0572. The molecule has 0 aliphatic carbocycles. The van der Waals surface area contributed by atoms with Gasteiger partial charge in [-0.1, -0.05) is 0 Å². The van der Waals surface area contributed by atoms with E-state index in [1.807, 2.05) is 0 Å². The van der Waals surface area contributed by atoms with E-state index in [0.717, 1.165) is 0 Å². The Balaban J connectivity index is 2.03. The van der Waals surface area contributed by atoms with Crippen molar-refractivity contribution in [2.24, 2.45) is 0 Å². The second-order valence-corrected chi connectivity index (χ2v) is 4.98. The molecule has 1 spiro atoms. The van der Waals surface area contributed by atoms with Crippen LogP contribution in [0.15, 0.2) is 0 Å². The Labute approximate surface area is 87.4 Å². The molecule has 0 aromatic heterocycles. The maximum atomic E-state index is 3.59. The van der Waals surface area contributed by atoms with Crippen molar-refractivity contribution in [2.75, 3.05) is 46.8 Å². The first-order chi connectivity index (χ1) is 6.73. The van der Waals surface area contributed by atoms with Crippen LogP contribution in [0.1, 0.15) is 19.3 Å². The van der Waals surface area contributed by atoms with Gasteiger partial charge >= 0.3 is 0 Å². The van der Waals surface area contributed by atoms with Crippen LogP contribution in [-0.4, -0.2) is 62.2 Å². The third-order valence-electron chi connectivity index (χ3n) is 4.03. The molecule has 0 unspecified atom stereocenters. The van der Waals surface area contributed by atoms with Gasteiger partial charge < -0.3 is 10.2 Å². The van der Waals surface area contributed by atoms with Gasteiger partial charge in [-0.2, -0.15) is 0 Å². The van der Waals surface area contributed by atoms with Crippen LogP contribution in [0.25, 0.3) is 0 Å². The van der Waals surface area contributed by atoms with E-state index in [1.165, 1.54) is 52.0 Å². The van der Waals surface area contributed by atoms with Crippen LogP contribution in [0.4, 0.5) is 0 Å². The fourth-order valence-electron chi connectivity index (χ4n) is 2.73. The van der Waals surface area contributed by atoms with Crippen LogP contribution in [0, 0.1) is 0 Å². The molecule has 2 aliphatic heterocycles. The predicted octanol–water partition coefficient (Wildman–Crippen LogP) is 0.376. The second kappa shape index (κ2) is 4.17. The zero-order valence-corrected chi connectivity index (χ0v) is 9.55. The fourth-order valence-corrected chi connectivity index (χ4v) is 2.73. The predicted molar refractivity (Wildman–Crippen MR) is 59.6 cm³/mol. The summed E-state index contributed by atoms with van der Waals surface area (Å²) in [6.45, 7) is 6.16. The molecule has 14 heavy (non-hydrogen) atoms. The van der Waals surface area contributed by atoms with Crippen molar-refractivity contribution in [3.63, 3.8) is 0 Å². The third kappa shape index (κ3) is 1.95. The molecule has 82 valence electrons. The fraction of sp³-hybridized carbons (Fsp3) is 1.00. The topological polar surface area (TPSA) is 18.5 Å². The molecule has 0 saturated carbocycles. The maximum Gasteiger partial charge on any atom is 0.0355 e. The molecule has 3 nitrogen and oxygen atoms in total. The van der Waals surface area contributed by atoms with E-state index in [1.54, 1.807) is 0 Å². The molecule has 2 aliphatic rings. The number of piperidine rings is 1. The molecular weight excluding hydrogens is 174 g/mol. The number of hydrogen-bond acceptors (Lipinski definition) is 3. The summed E-state index contributed by atoms with van der Waals surface area (Å²) in [6, 6.07) is 0. The van der Waals surface area contributed by atoms with Crippen LogP contribution in [0.3, 0.4) is 0 Å². The van der Waals surface area contributed by atoms with Gasteiger partial charge in [0.15, 0.2) is 0 Å². The quantitative estimate of drug-likeness (QED) is 0.605. The lowest BCUT2D eigenvalue weighted by Crippen LogP contribution is -2.57. The van der Waals surface area contributed by atoms with Gasteiger partial charge in [-0.25, -0.2) is 0 Å². The van der Waals surface area contributed by atoms with Gasteiger partial charge in [-0.05, 0) is 59.5 Å². The lowest BCUT2D eigenvalue weighted by atomic mass is 9.86. The molecule has 0 aromatic carbocycles. The van der Waals surface area contributed by atoms with Gasteiger partial charge in [-0.3, -0.25) is 4.90 Å². The van der Waals surface area contributed by atoms with Crippen LogP contribution in [0.5, 0.6) is 0 Å². The highest BCUT2D eigenvalue weighted by molar-refractivity contribution is 4.96. The molecule has 3 heteroatoms. The Morgan fingerprint density at radius 3 is 2.50 bits per heavy atom. The van der Waals surface area contributed by atoms with Crippen molar-refractivity contribution in [3.8, 4) is 0 Å². The Morgan fingerprint density at radius 1 is 1.07 bits per heavy atom. The van der Waals surface area contributed by atoms with Crippen LogP contribution < -0.4 is 5.32 Å². The summed E-state index contributed by atoms with van der Waals surface area (Å²) in [5.41, 5.74) is 0.461. The average molecular weight is 197 g/mol. The molecule has 2 heterocycles. The molecule has 1 N–H and O–H groups in total. The van der Waals surface area contributed by atoms with Crippen molar-refractivity contribution >= 4 is 0 Å². The third-order valence-corrected chi connectivity index (χ3v) is 4.03. The normalized spacial score (nSPS) is 30.4. The van der Waals surface area contributed by atoms with Gasteiger partial charge in [-0.15, -0.1) is 0 Å². The molecule has 0 atom stereocenters. The van der Waals surface area contributed by atoms with E-state index in [9.17, 15) is 0 Å². The molecule has 0 radical (unpaired) electrons. The standard InChI is InChI=1S/C11H23N3/c1-13-8-4-11(5-9-13)10-12-6-3-7-14(11)2/h12H,3-10H2,1-2H3. The molecule has 2 saturated heterocycles. The summed E-state index contributed by atoms with van der Waals surface area (Å²) in [7, 11) is 4.54. The van der Waals surface area contributed by atoms with Gasteiger partial charge in [0.25, 0.3) is 0 Å². The van der Waals surface area contributed by atoms with Gasteiger partial charge in [0.05, 0.1) is 0 Å². The van der Waals surface area contributed by atoms with Crippen molar-refractivity contribution < 1.29 is 0 Å². The van der Waals surface area contributed by atoms with E-state index >= 15 is 0 Å². The van der Waals surface area contributed by atoms with E-state index in [-0.39, 0.29) is 0 Å². The summed E-state index contributed by atoms with van der Waals surface area (Å²) >= 11 is 0. The molecule has 0 amide bonds. The highest BCUT2D eigenvalue weighted by Gasteiger charge is 2.37. The van der Waals surface area contributed by atoms with E-state index in [0.29, 0.717) is 5.54 Å². The molecule has 0 bridgehead atoms. The number of hydrogen-bond donors (Lipinski definition) is 1. The summed E-state index contributed by atoms with van der Waals surface area (Å²) < 4.78 is 0. The van der Waals surface area contributed by atoms with Gasteiger partial charge in [0, 0.05) is 12.1 Å². The first kappa shape index (κ1) is 10.4. The Morgan fingerprint density at radius 2 is 1.79 bits per heavy atom. The van der Waals surface area contributed by atoms with Crippen LogP contribution >= 0.6 is 0 Å². The first-order valence-electron chi connectivity index (χ1n) is 5.83. The molecule has 0 aromatic rings. The minimum absolute atomic E-state index is 0.461. The zero-order chi connectivity index (χ0) is 10.0. The number of likely N-dealkylation sites (N-methyl/N-ethyl adjacent to an activating group) is 1. The Bertz CT molecular complexity index is 185. The second-order valence-electron chi connectivity index (χ2n) is 4.98. The summed E-state index contributed by atoms with van der Waals surface area (Å²) in [4.78, 5) is 5.05. The van der Waals surface area contributed by atoms with E-state index in [2.05, 4.69) is 29.2 Å². The van der Waals surface area contributed by atoms with Crippen molar-refractivity contribution in [3.05, 3.63) is 0 Å². The highest BCUT2D eigenvalue weighted by Crippen LogP contribution is 2.28. The van der Waals surface area contributed by atoms with Crippen molar-refractivity contribution in [1.29, 1.82) is 0 Å². The number of rotatable bonds is 0.